The summed E-state index contributed by atoms with van der Waals surface area (Å²) < 4.78 is 22.8. The van der Waals surface area contributed by atoms with Crippen molar-refractivity contribution in [2.24, 2.45) is 0 Å². The number of carbonyl (C=O) groups excluding carboxylic acids is 1. The molecule has 102 valence electrons. The van der Waals surface area contributed by atoms with E-state index >= 15 is 0 Å². The highest BCUT2D eigenvalue weighted by molar-refractivity contribution is 9.11. The van der Waals surface area contributed by atoms with E-state index in [0.717, 1.165) is 14.9 Å². The van der Waals surface area contributed by atoms with Crippen LogP contribution in [0, 0.1) is 0 Å². The Labute approximate surface area is 119 Å². The molecule has 0 aliphatic heterocycles. The SMILES string of the molecule is CN(Cc1ccc(Br)s1)C(=O)NCCS(C)(=O)=O. The molecule has 5 nitrogen and oxygen atoms in total. The Hall–Kier alpha value is -0.600. The van der Waals surface area contributed by atoms with Crippen LogP contribution in [0.1, 0.15) is 4.88 Å². The number of hydrogen-bond donors (Lipinski definition) is 1. The van der Waals surface area contributed by atoms with Crippen molar-refractivity contribution >= 4 is 43.1 Å². The molecule has 8 heteroatoms. The predicted octanol–water partition coefficient (Wildman–Crippen LogP) is 1.70. The van der Waals surface area contributed by atoms with Crippen molar-refractivity contribution < 1.29 is 13.2 Å². The van der Waals surface area contributed by atoms with Crippen molar-refractivity contribution in [1.82, 2.24) is 10.2 Å². The van der Waals surface area contributed by atoms with Crippen LogP contribution in [0.2, 0.25) is 0 Å². The average Bonchev–Trinajstić information content (AvgIpc) is 2.61. The van der Waals surface area contributed by atoms with Crippen LogP contribution in [-0.2, 0) is 16.4 Å². The van der Waals surface area contributed by atoms with Gasteiger partial charge in [0.05, 0.1) is 16.1 Å². The molecule has 0 unspecified atom stereocenters. The summed E-state index contributed by atoms with van der Waals surface area (Å²) >= 11 is 4.92. The summed E-state index contributed by atoms with van der Waals surface area (Å²) in [7, 11) is -1.37. The normalized spacial score (nSPS) is 11.3. The van der Waals surface area contributed by atoms with Gasteiger partial charge in [0.25, 0.3) is 0 Å². The molecular weight excluding hydrogens is 340 g/mol. The van der Waals surface area contributed by atoms with Crippen molar-refractivity contribution in [1.29, 1.82) is 0 Å². The molecule has 1 aromatic rings. The molecular formula is C10H15BrN2O3S2. The second-order valence-corrected chi connectivity index (χ2v) is 8.73. The van der Waals surface area contributed by atoms with E-state index in [1.165, 1.54) is 4.90 Å². The monoisotopic (exact) mass is 354 g/mol. The fraction of sp³-hybridized carbons (Fsp3) is 0.500. The maximum Gasteiger partial charge on any atom is 0.317 e. The predicted molar refractivity (Wildman–Crippen MR) is 76.6 cm³/mol. The number of nitrogens with one attached hydrogen (secondary N) is 1. The summed E-state index contributed by atoms with van der Waals surface area (Å²) in [6, 6.07) is 3.59. The standard InChI is InChI=1S/C10H15BrN2O3S2/c1-13(7-8-3-4-9(11)17-8)10(14)12-5-6-18(2,15)16/h3-4H,5-7H2,1-2H3,(H,12,14). The van der Waals surface area contributed by atoms with E-state index in [9.17, 15) is 13.2 Å². The highest BCUT2D eigenvalue weighted by Crippen LogP contribution is 2.22. The fourth-order valence-electron chi connectivity index (χ4n) is 1.22. The lowest BCUT2D eigenvalue weighted by atomic mass is 10.4. The lowest BCUT2D eigenvalue weighted by molar-refractivity contribution is 0.208. The van der Waals surface area contributed by atoms with Gasteiger partial charge in [-0.1, -0.05) is 0 Å². The molecule has 0 saturated carbocycles. The molecule has 0 spiro atoms. The maximum absolute atomic E-state index is 11.7. The first-order valence-corrected chi connectivity index (χ1v) is 8.86. The van der Waals surface area contributed by atoms with E-state index in [-0.39, 0.29) is 18.3 Å². The Bertz CT molecular complexity index is 513. The zero-order chi connectivity index (χ0) is 13.8. The first kappa shape index (κ1) is 15.5. The van der Waals surface area contributed by atoms with Gasteiger partial charge in [0.1, 0.15) is 9.84 Å². The summed E-state index contributed by atoms with van der Waals surface area (Å²) in [4.78, 5) is 14.2. The molecule has 0 aliphatic rings. The van der Waals surface area contributed by atoms with E-state index in [1.807, 2.05) is 12.1 Å². The van der Waals surface area contributed by atoms with Crippen LogP contribution in [0.3, 0.4) is 0 Å². The minimum absolute atomic E-state index is 0.0445. The number of halogens is 1. The Kier molecular flexibility index (Phi) is 5.61. The Morgan fingerprint density at radius 3 is 2.67 bits per heavy atom. The number of amides is 2. The van der Waals surface area contributed by atoms with Gasteiger partial charge in [0.2, 0.25) is 0 Å². The van der Waals surface area contributed by atoms with Crippen LogP contribution >= 0.6 is 27.3 Å². The van der Waals surface area contributed by atoms with Gasteiger partial charge in [-0.2, -0.15) is 0 Å². The van der Waals surface area contributed by atoms with Crippen LogP contribution in [0.5, 0.6) is 0 Å². The van der Waals surface area contributed by atoms with E-state index in [4.69, 9.17) is 0 Å². The lowest BCUT2D eigenvalue weighted by Crippen LogP contribution is -2.38. The van der Waals surface area contributed by atoms with Crippen molar-refractivity contribution in [3.8, 4) is 0 Å². The van der Waals surface area contributed by atoms with E-state index in [0.29, 0.717) is 6.54 Å². The molecule has 1 rings (SSSR count). The molecule has 0 saturated heterocycles. The number of urea groups is 1. The van der Waals surface area contributed by atoms with Crippen LogP contribution in [0.25, 0.3) is 0 Å². The van der Waals surface area contributed by atoms with E-state index < -0.39 is 9.84 Å². The maximum atomic E-state index is 11.7. The van der Waals surface area contributed by atoms with Gasteiger partial charge in [-0.3, -0.25) is 0 Å². The molecule has 0 aliphatic carbocycles. The fourth-order valence-corrected chi connectivity index (χ4v) is 3.23. The van der Waals surface area contributed by atoms with Gasteiger partial charge in [-0.25, -0.2) is 13.2 Å². The summed E-state index contributed by atoms with van der Waals surface area (Å²) in [6.07, 6.45) is 1.14. The first-order chi connectivity index (χ1) is 8.28. The number of thiophene rings is 1. The van der Waals surface area contributed by atoms with Crippen molar-refractivity contribution in [3.63, 3.8) is 0 Å². The van der Waals surface area contributed by atoms with Crippen LogP contribution in [0.15, 0.2) is 15.9 Å². The minimum atomic E-state index is -3.04. The highest BCUT2D eigenvalue weighted by Gasteiger charge is 2.10. The second kappa shape index (κ2) is 6.53. The van der Waals surface area contributed by atoms with Gasteiger partial charge in [-0.15, -0.1) is 11.3 Å². The largest absolute Gasteiger partial charge is 0.337 e. The smallest absolute Gasteiger partial charge is 0.317 e. The van der Waals surface area contributed by atoms with Gasteiger partial charge in [0, 0.05) is 24.7 Å². The van der Waals surface area contributed by atoms with Crippen molar-refractivity contribution in [2.45, 2.75) is 6.54 Å². The van der Waals surface area contributed by atoms with Crippen LogP contribution < -0.4 is 5.32 Å². The van der Waals surface area contributed by atoms with Crippen LogP contribution in [0.4, 0.5) is 4.79 Å². The topological polar surface area (TPSA) is 66.5 Å². The zero-order valence-corrected chi connectivity index (χ0v) is 13.4. The lowest BCUT2D eigenvalue weighted by Gasteiger charge is -2.16. The number of nitrogens with zero attached hydrogens (tertiary/aromatic N) is 1. The van der Waals surface area contributed by atoms with E-state index in [2.05, 4.69) is 21.2 Å². The average molecular weight is 355 g/mol. The number of sulfone groups is 1. The molecule has 18 heavy (non-hydrogen) atoms. The zero-order valence-electron chi connectivity index (χ0n) is 10.1. The highest BCUT2D eigenvalue weighted by atomic mass is 79.9. The Morgan fingerprint density at radius 1 is 1.50 bits per heavy atom. The van der Waals surface area contributed by atoms with Gasteiger partial charge in [-0.05, 0) is 28.1 Å². The molecule has 0 aromatic carbocycles. The Balaban J connectivity index is 2.37. The first-order valence-electron chi connectivity index (χ1n) is 5.19. The molecule has 0 atom stereocenters. The third-order valence-electron chi connectivity index (χ3n) is 2.12. The molecule has 0 bridgehead atoms. The molecule has 1 N–H and O–H groups in total. The van der Waals surface area contributed by atoms with Crippen LogP contribution in [-0.4, -0.2) is 44.9 Å². The number of carbonyl (C=O) groups is 1. The molecule has 1 aromatic heterocycles. The third kappa shape index (κ3) is 5.83. The quantitative estimate of drug-likeness (QED) is 0.874. The van der Waals surface area contributed by atoms with Gasteiger partial charge in [0.15, 0.2) is 0 Å². The third-order valence-corrected chi connectivity index (χ3v) is 4.67. The summed E-state index contributed by atoms with van der Waals surface area (Å²) in [6.45, 7) is 0.636. The molecule has 2 amide bonds. The number of rotatable bonds is 5. The minimum Gasteiger partial charge on any atom is -0.337 e. The van der Waals surface area contributed by atoms with Crippen molar-refractivity contribution in [3.05, 3.63) is 20.8 Å². The second-order valence-electron chi connectivity index (χ2n) is 3.92. The summed E-state index contributed by atoms with van der Waals surface area (Å²) in [5, 5.41) is 2.57. The summed E-state index contributed by atoms with van der Waals surface area (Å²) in [5.41, 5.74) is 0. The number of hydrogen-bond acceptors (Lipinski definition) is 4. The molecule has 0 radical (unpaired) electrons. The van der Waals surface area contributed by atoms with Gasteiger partial charge < -0.3 is 10.2 Å². The van der Waals surface area contributed by atoms with E-state index in [1.54, 1.807) is 18.4 Å². The Morgan fingerprint density at radius 2 is 2.17 bits per heavy atom. The molecule has 0 fully saturated rings. The van der Waals surface area contributed by atoms with Crippen molar-refractivity contribution in [2.75, 3.05) is 25.6 Å². The van der Waals surface area contributed by atoms with Gasteiger partial charge >= 0.3 is 6.03 Å². The summed E-state index contributed by atoms with van der Waals surface area (Å²) in [5.74, 6) is -0.0445. The molecule has 1 heterocycles.